The first-order valence-corrected chi connectivity index (χ1v) is 7.92. The minimum absolute atomic E-state index is 0.142. The summed E-state index contributed by atoms with van der Waals surface area (Å²) in [6.45, 7) is 0. The summed E-state index contributed by atoms with van der Waals surface area (Å²) < 4.78 is 0. The van der Waals surface area contributed by atoms with Crippen LogP contribution in [0.3, 0.4) is 0 Å². The Morgan fingerprint density at radius 2 is 1.95 bits per heavy atom. The summed E-state index contributed by atoms with van der Waals surface area (Å²) >= 11 is 1.81. The smallest absolute Gasteiger partial charge is 0.163 e. The van der Waals surface area contributed by atoms with E-state index >= 15 is 0 Å². The number of carbonyl (C=O) groups excluding carboxylic acids is 1. The van der Waals surface area contributed by atoms with Gasteiger partial charge >= 0.3 is 0 Å². The van der Waals surface area contributed by atoms with Crippen molar-refractivity contribution in [2.75, 3.05) is 5.75 Å². The van der Waals surface area contributed by atoms with Crippen molar-refractivity contribution >= 4 is 17.5 Å². The Hall–Kier alpha value is -1.22. The molecule has 0 aromatic heterocycles. The second-order valence-electron chi connectivity index (χ2n) is 5.30. The summed E-state index contributed by atoms with van der Waals surface area (Å²) in [5, 5.41) is 10.5. The Kier molecular flexibility index (Phi) is 3.65. The van der Waals surface area contributed by atoms with Crippen LogP contribution in [0, 0.1) is 0 Å². The highest BCUT2D eigenvalue weighted by Crippen LogP contribution is 2.40. The Bertz CT molecular complexity index is 501. The first kappa shape index (κ1) is 12.8. The number of rotatable bonds is 2. The molecule has 1 heterocycles. The molecule has 1 aromatic rings. The van der Waals surface area contributed by atoms with Gasteiger partial charge in [-0.15, -0.1) is 0 Å². The maximum Gasteiger partial charge on any atom is 0.163 e. The molecule has 1 aromatic carbocycles. The number of allylic oxidation sites excluding steroid dienone is 1. The highest BCUT2D eigenvalue weighted by Gasteiger charge is 2.34. The van der Waals surface area contributed by atoms with E-state index < -0.39 is 0 Å². The molecule has 1 N–H and O–H groups in total. The Morgan fingerprint density at radius 3 is 2.58 bits per heavy atom. The number of carbonyl (C=O) groups is 1. The zero-order chi connectivity index (χ0) is 13.2. The molecule has 0 saturated carbocycles. The lowest BCUT2D eigenvalue weighted by Gasteiger charge is -2.26. The van der Waals surface area contributed by atoms with Crippen molar-refractivity contribution < 1.29 is 9.90 Å². The van der Waals surface area contributed by atoms with Gasteiger partial charge in [0.05, 0.1) is 0 Å². The van der Waals surface area contributed by atoms with Crippen LogP contribution in [0.4, 0.5) is 0 Å². The standard InChI is InChI=1S/C16H18O2S/c17-13-9-12(11-5-2-1-3-6-11)10-14(18)16(13)15-7-4-8-19-15/h1-3,5-6,12,15,17H,4,7-10H2. The summed E-state index contributed by atoms with van der Waals surface area (Å²) in [5.74, 6) is 1.74. The van der Waals surface area contributed by atoms with Crippen LogP contribution < -0.4 is 0 Å². The summed E-state index contributed by atoms with van der Waals surface area (Å²) in [6, 6.07) is 10.0. The Balaban J connectivity index is 1.84. The molecular weight excluding hydrogens is 256 g/mol. The van der Waals surface area contributed by atoms with Gasteiger partial charge in [0.2, 0.25) is 0 Å². The average molecular weight is 274 g/mol. The molecule has 0 spiro atoms. The van der Waals surface area contributed by atoms with E-state index in [0.29, 0.717) is 18.6 Å². The summed E-state index contributed by atoms with van der Waals surface area (Å²) in [5.41, 5.74) is 1.87. The molecule has 3 rings (SSSR count). The van der Waals surface area contributed by atoms with Gasteiger partial charge in [0.25, 0.3) is 0 Å². The van der Waals surface area contributed by atoms with E-state index in [0.717, 1.165) is 29.7 Å². The molecular formula is C16H18O2S. The number of hydrogen-bond acceptors (Lipinski definition) is 3. The fourth-order valence-corrected chi connectivity index (χ4v) is 4.43. The third-order valence-electron chi connectivity index (χ3n) is 4.01. The van der Waals surface area contributed by atoms with Gasteiger partial charge in [-0.1, -0.05) is 30.3 Å². The second-order valence-corrected chi connectivity index (χ2v) is 6.61. The van der Waals surface area contributed by atoms with Gasteiger partial charge < -0.3 is 5.11 Å². The molecule has 2 atom stereocenters. The zero-order valence-electron chi connectivity index (χ0n) is 10.8. The fraction of sp³-hybridized carbons (Fsp3) is 0.438. The van der Waals surface area contributed by atoms with E-state index in [9.17, 15) is 9.90 Å². The number of thioether (sulfide) groups is 1. The lowest BCUT2D eigenvalue weighted by atomic mass is 9.81. The molecule has 2 aliphatic rings. The van der Waals surface area contributed by atoms with Gasteiger partial charge in [-0.3, -0.25) is 4.79 Å². The molecule has 0 bridgehead atoms. The van der Waals surface area contributed by atoms with Crippen LogP contribution >= 0.6 is 11.8 Å². The molecule has 2 nitrogen and oxygen atoms in total. The first-order chi connectivity index (χ1) is 9.25. The van der Waals surface area contributed by atoms with Crippen molar-refractivity contribution in [3.05, 3.63) is 47.2 Å². The molecule has 3 heteroatoms. The zero-order valence-corrected chi connectivity index (χ0v) is 11.7. The van der Waals surface area contributed by atoms with Crippen LogP contribution in [0.25, 0.3) is 0 Å². The third kappa shape index (κ3) is 2.57. The van der Waals surface area contributed by atoms with Crippen molar-refractivity contribution in [2.45, 2.75) is 36.9 Å². The molecule has 1 aliphatic heterocycles. The molecule has 1 aliphatic carbocycles. The largest absolute Gasteiger partial charge is 0.512 e. The van der Waals surface area contributed by atoms with Gasteiger partial charge in [-0.2, -0.15) is 11.8 Å². The number of hydrogen-bond donors (Lipinski definition) is 1. The Labute approximate surface area is 117 Å². The third-order valence-corrected chi connectivity index (χ3v) is 5.40. The predicted molar refractivity (Wildman–Crippen MR) is 78.6 cm³/mol. The molecule has 0 radical (unpaired) electrons. The van der Waals surface area contributed by atoms with E-state index in [1.807, 2.05) is 42.1 Å². The minimum Gasteiger partial charge on any atom is -0.512 e. The summed E-state index contributed by atoms with van der Waals surface area (Å²) in [6.07, 6.45) is 3.34. The second kappa shape index (κ2) is 5.41. The van der Waals surface area contributed by atoms with Gasteiger partial charge in [0.15, 0.2) is 5.78 Å². The number of aliphatic hydroxyl groups is 1. The number of aliphatic hydroxyl groups excluding tert-OH is 1. The van der Waals surface area contributed by atoms with Gasteiger partial charge in [-0.25, -0.2) is 0 Å². The molecule has 0 amide bonds. The molecule has 19 heavy (non-hydrogen) atoms. The lowest BCUT2D eigenvalue weighted by Crippen LogP contribution is -2.23. The monoisotopic (exact) mass is 274 g/mol. The van der Waals surface area contributed by atoms with Gasteiger partial charge in [-0.05, 0) is 30.1 Å². The highest BCUT2D eigenvalue weighted by molar-refractivity contribution is 8.00. The minimum atomic E-state index is 0.142. The quantitative estimate of drug-likeness (QED) is 0.890. The van der Waals surface area contributed by atoms with Crippen molar-refractivity contribution in [1.82, 2.24) is 0 Å². The van der Waals surface area contributed by atoms with Crippen LogP contribution in [0.5, 0.6) is 0 Å². The number of benzene rings is 1. The van der Waals surface area contributed by atoms with Gasteiger partial charge in [0.1, 0.15) is 5.76 Å². The molecule has 2 unspecified atom stereocenters. The topological polar surface area (TPSA) is 37.3 Å². The summed E-state index contributed by atoms with van der Waals surface area (Å²) in [7, 11) is 0. The Morgan fingerprint density at radius 1 is 1.16 bits per heavy atom. The van der Waals surface area contributed by atoms with E-state index in [2.05, 4.69) is 0 Å². The van der Waals surface area contributed by atoms with E-state index in [1.54, 1.807) is 0 Å². The maximum absolute atomic E-state index is 12.3. The highest BCUT2D eigenvalue weighted by atomic mass is 32.2. The van der Waals surface area contributed by atoms with E-state index in [1.165, 1.54) is 0 Å². The number of ketones is 1. The first-order valence-electron chi connectivity index (χ1n) is 6.87. The molecule has 1 saturated heterocycles. The maximum atomic E-state index is 12.3. The number of Topliss-reactive ketones (excluding diaryl/α,β-unsaturated/α-hetero) is 1. The van der Waals surface area contributed by atoms with Crippen molar-refractivity contribution in [3.8, 4) is 0 Å². The van der Waals surface area contributed by atoms with Crippen LogP contribution in [0.1, 0.15) is 37.2 Å². The van der Waals surface area contributed by atoms with Crippen LogP contribution in [-0.2, 0) is 4.79 Å². The molecule has 1 fully saturated rings. The van der Waals surface area contributed by atoms with Gasteiger partial charge in [0, 0.05) is 23.7 Å². The van der Waals surface area contributed by atoms with Crippen LogP contribution in [-0.4, -0.2) is 21.9 Å². The normalized spacial score (nSPS) is 27.9. The van der Waals surface area contributed by atoms with Crippen molar-refractivity contribution in [3.63, 3.8) is 0 Å². The lowest BCUT2D eigenvalue weighted by molar-refractivity contribution is -0.116. The molecule has 100 valence electrons. The van der Waals surface area contributed by atoms with E-state index in [4.69, 9.17) is 0 Å². The fourth-order valence-electron chi connectivity index (χ4n) is 3.04. The SMILES string of the molecule is O=C1CC(c2ccccc2)CC(O)=C1C1CCCS1. The summed E-state index contributed by atoms with van der Waals surface area (Å²) in [4.78, 5) is 12.3. The van der Waals surface area contributed by atoms with E-state index in [-0.39, 0.29) is 17.0 Å². The average Bonchev–Trinajstić information content (AvgIpc) is 2.93. The van der Waals surface area contributed by atoms with Crippen molar-refractivity contribution in [1.29, 1.82) is 0 Å². The van der Waals surface area contributed by atoms with Crippen molar-refractivity contribution in [2.24, 2.45) is 0 Å². The van der Waals surface area contributed by atoms with Crippen LogP contribution in [0.15, 0.2) is 41.7 Å². The van der Waals surface area contributed by atoms with Crippen LogP contribution in [0.2, 0.25) is 0 Å². The predicted octanol–water partition coefficient (Wildman–Crippen LogP) is 3.84.